The van der Waals surface area contributed by atoms with Gasteiger partial charge in [-0.15, -0.1) is 0 Å². The lowest BCUT2D eigenvalue weighted by Gasteiger charge is -2.17. The number of hydrogen-bond acceptors (Lipinski definition) is 5. The van der Waals surface area contributed by atoms with Crippen LogP contribution < -0.4 is 20.9 Å². The summed E-state index contributed by atoms with van der Waals surface area (Å²) in [6.07, 6.45) is 2.12. The van der Waals surface area contributed by atoms with Crippen molar-refractivity contribution in [2.75, 3.05) is 16.3 Å². The standard InChI is InChI=1S/C17H21BrN4O2S/c1-11-9-14(22-25(2,23)24)7-8-15(11)19-17-10-16(20-21-17)12-3-5-13(18)6-4-12/h3-9,16-17,19-22H,10H2,1-2H3. The molecule has 8 heteroatoms. The zero-order valence-corrected chi connectivity index (χ0v) is 16.4. The van der Waals surface area contributed by atoms with E-state index in [1.807, 2.05) is 31.2 Å². The molecule has 0 aliphatic carbocycles. The molecular formula is C17H21BrN4O2S. The maximum atomic E-state index is 11.3. The van der Waals surface area contributed by atoms with E-state index in [2.05, 4.69) is 49.0 Å². The van der Waals surface area contributed by atoms with Crippen LogP contribution in [0.15, 0.2) is 46.9 Å². The fourth-order valence-corrected chi connectivity index (χ4v) is 3.67. The normalized spacial score (nSPS) is 20.4. The lowest BCUT2D eigenvalue weighted by atomic mass is 10.0. The fourth-order valence-electron chi connectivity index (χ4n) is 2.86. The lowest BCUT2D eigenvalue weighted by molar-refractivity contribution is 0.564. The summed E-state index contributed by atoms with van der Waals surface area (Å²) in [7, 11) is -3.27. The van der Waals surface area contributed by atoms with Gasteiger partial charge in [0.25, 0.3) is 0 Å². The van der Waals surface area contributed by atoms with Crippen molar-refractivity contribution in [3.63, 3.8) is 0 Å². The first-order valence-electron chi connectivity index (χ1n) is 7.92. The minimum Gasteiger partial charge on any atom is -0.368 e. The van der Waals surface area contributed by atoms with Gasteiger partial charge in [0.15, 0.2) is 0 Å². The number of hydrazine groups is 1. The maximum absolute atomic E-state index is 11.3. The van der Waals surface area contributed by atoms with Crippen LogP contribution in [0.4, 0.5) is 11.4 Å². The first-order chi connectivity index (χ1) is 11.8. The Labute approximate surface area is 156 Å². The molecule has 0 radical (unpaired) electrons. The zero-order chi connectivity index (χ0) is 18.0. The molecule has 0 amide bonds. The van der Waals surface area contributed by atoms with Gasteiger partial charge in [-0.3, -0.25) is 4.72 Å². The summed E-state index contributed by atoms with van der Waals surface area (Å²) in [6, 6.07) is 14.0. The van der Waals surface area contributed by atoms with Crippen molar-refractivity contribution in [2.24, 2.45) is 0 Å². The number of benzene rings is 2. The van der Waals surface area contributed by atoms with Crippen LogP contribution in [-0.2, 0) is 10.0 Å². The molecule has 2 unspecified atom stereocenters. The van der Waals surface area contributed by atoms with E-state index in [0.717, 1.165) is 28.4 Å². The second-order valence-corrected chi connectivity index (χ2v) is 8.89. The molecule has 3 rings (SSSR count). The Bertz CT molecular complexity index is 855. The van der Waals surface area contributed by atoms with E-state index in [4.69, 9.17) is 0 Å². The summed E-state index contributed by atoms with van der Waals surface area (Å²) in [5.74, 6) is 0. The van der Waals surface area contributed by atoms with Crippen LogP contribution in [0.3, 0.4) is 0 Å². The molecule has 1 heterocycles. The van der Waals surface area contributed by atoms with E-state index in [1.165, 1.54) is 5.56 Å². The van der Waals surface area contributed by atoms with Crippen LogP contribution in [0.2, 0.25) is 0 Å². The number of aryl methyl sites for hydroxylation is 1. The smallest absolute Gasteiger partial charge is 0.229 e. The van der Waals surface area contributed by atoms with Crippen LogP contribution in [-0.4, -0.2) is 20.8 Å². The Morgan fingerprint density at radius 1 is 1.12 bits per heavy atom. The van der Waals surface area contributed by atoms with Crippen LogP contribution in [0, 0.1) is 6.92 Å². The van der Waals surface area contributed by atoms with Crippen LogP contribution in [0.5, 0.6) is 0 Å². The maximum Gasteiger partial charge on any atom is 0.229 e. The molecule has 0 aromatic heterocycles. The average Bonchev–Trinajstić information content (AvgIpc) is 2.98. The molecule has 0 saturated carbocycles. The molecule has 2 aromatic carbocycles. The monoisotopic (exact) mass is 424 g/mol. The summed E-state index contributed by atoms with van der Waals surface area (Å²) in [5.41, 5.74) is 10.3. The molecule has 1 fully saturated rings. The van der Waals surface area contributed by atoms with Gasteiger partial charge in [-0.1, -0.05) is 28.1 Å². The van der Waals surface area contributed by atoms with E-state index in [0.29, 0.717) is 5.69 Å². The number of halogens is 1. The lowest BCUT2D eigenvalue weighted by Crippen LogP contribution is -2.36. The van der Waals surface area contributed by atoms with Crippen molar-refractivity contribution in [1.29, 1.82) is 0 Å². The van der Waals surface area contributed by atoms with E-state index < -0.39 is 10.0 Å². The molecule has 6 nitrogen and oxygen atoms in total. The van der Waals surface area contributed by atoms with Crippen molar-refractivity contribution >= 4 is 37.3 Å². The van der Waals surface area contributed by atoms with Gasteiger partial charge in [-0.25, -0.2) is 19.3 Å². The predicted molar refractivity (Wildman–Crippen MR) is 105 cm³/mol. The molecule has 0 bridgehead atoms. The largest absolute Gasteiger partial charge is 0.368 e. The Morgan fingerprint density at radius 3 is 2.48 bits per heavy atom. The first-order valence-corrected chi connectivity index (χ1v) is 10.6. The van der Waals surface area contributed by atoms with Crippen LogP contribution >= 0.6 is 15.9 Å². The Morgan fingerprint density at radius 2 is 1.84 bits per heavy atom. The molecular weight excluding hydrogens is 404 g/mol. The third kappa shape index (κ3) is 4.94. The van der Waals surface area contributed by atoms with Gasteiger partial charge < -0.3 is 5.32 Å². The molecule has 1 saturated heterocycles. The van der Waals surface area contributed by atoms with Crippen LogP contribution in [0.25, 0.3) is 0 Å². The zero-order valence-electron chi connectivity index (χ0n) is 14.0. The van der Waals surface area contributed by atoms with Gasteiger partial charge in [0.05, 0.1) is 12.4 Å². The van der Waals surface area contributed by atoms with Crippen molar-refractivity contribution in [3.8, 4) is 0 Å². The second kappa shape index (κ2) is 7.33. The van der Waals surface area contributed by atoms with Gasteiger partial charge in [-0.2, -0.15) is 0 Å². The van der Waals surface area contributed by atoms with Crippen molar-refractivity contribution < 1.29 is 8.42 Å². The van der Waals surface area contributed by atoms with Gasteiger partial charge >= 0.3 is 0 Å². The minimum absolute atomic E-state index is 0.0843. The summed E-state index contributed by atoms with van der Waals surface area (Å²) in [5, 5.41) is 3.45. The highest BCUT2D eigenvalue weighted by molar-refractivity contribution is 9.10. The first kappa shape index (κ1) is 18.2. The second-order valence-electron chi connectivity index (χ2n) is 6.23. The Hall–Kier alpha value is -1.61. The Balaban J connectivity index is 1.64. The van der Waals surface area contributed by atoms with E-state index in [-0.39, 0.29) is 12.2 Å². The van der Waals surface area contributed by atoms with E-state index >= 15 is 0 Å². The third-order valence-corrected chi connectivity index (χ3v) is 5.17. The number of nitrogens with one attached hydrogen (secondary N) is 4. The van der Waals surface area contributed by atoms with Crippen molar-refractivity contribution in [1.82, 2.24) is 10.9 Å². The highest BCUT2D eigenvalue weighted by atomic mass is 79.9. The van der Waals surface area contributed by atoms with Crippen LogP contribution in [0.1, 0.15) is 23.6 Å². The van der Waals surface area contributed by atoms with Gasteiger partial charge in [0.1, 0.15) is 0 Å². The number of anilines is 2. The topological polar surface area (TPSA) is 82.3 Å². The minimum atomic E-state index is -3.27. The third-order valence-electron chi connectivity index (χ3n) is 4.03. The fraction of sp³-hybridized carbons (Fsp3) is 0.294. The van der Waals surface area contributed by atoms with E-state index in [1.54, 1.807) is 6.07 Å². The molecule has 0 spiro atoms. The summed E-state index contributed by atoms with van der Waals surface area (Å²) in [6.45, 7) is 1.95. The average molecular weight is 425 g/mol. The quantitative estimate of drug-likeness (QED) is 0.592. The van der Waals surface area contributed by atoms with Gasteiger partial charge in [0, 0.05) is 28.3 Å². The highest BCUT2D eigenvalue weighted by Gasteiger charge is 2.25. The summed E-state index contributed by atoms with van der Waals surface area (Å²) in [4.78, 5) is 0. The molecule has 1 aliphatic rings. The van der Waals surface area contributed by atoms with Gasteiger partial charge in [0.2, 0.25) is 10.0 Å². The number of rotatable bonds is 5. The number of sulfonamides is 1. The summed E-state index contributed by atoms with van der Waals surface area (Å²) < 4.78 is 26.2. The highest BCUT2D eigenvalue weighted by Crippen LogP contribution is 2.26. The van der Waals surface area contributed by atoms with E-state index in [9.17, 15) is 8.42 Å². The molecule has 4 N–H and O–H groups in total. The molecule has 134 valence electrons. The summed E-state index contributed by atoms with van der Waals surface area (Å²) >= 11 is 3.45. The molecule has 2 atom stereocenters. The van der Waals surface area contributed by atoms with Gasteiger partial charge in [-0.05, 0) is 48.4 Å². The van der Waals surface area contributed by atoms with Crippen molar-refractivity contribution in [3.05, 3.63) is 58.1 Å². The predicted octanol–water partition coefficient (Wildman–Crippen LogP) is 3.11. The SMILES string of the molecule is Cc1cc(NS(C)(=O)=O)ccc1NC1CC(c2ccc(Br)cc2)NN1. The molecule has 2 aromatic rings. The molecule has 25 heavy (non-hydrogen) atoms. The Kier molecular flexibility index (Phi) is 5.33. The van der Waals surface area contributed by atoms with Crippen molar-refractivity contribution in [2.45, 2.75) is 25.6 Å². The molecule has 1 aliphatic heterocycles. The number of hydrogen-bond donors (Lipinski definition) is 4.